The molecule has 1 amide bonds. The first-order valence-electron chi connectivity index (χ1n) is 9.39. The number of hydrogen-bond acceptors (Lipinski definition) is 3. The molecule has 24 heavy (non-hydrogen) atoms. The average molecular weight is 328 g/mol. The van der Waals surface area contributed by atoms with Crippen molar-refractivity contribution < 1.29 is 9.53 Å². The molecule has 4 atom stereocenters. The van der Waals surface area contributed by atoms with Gasteiger partial charge in [-0.1, -0.05) is 17.7 Å². The predicted molar refractivity (Wildman–Crippen MR) is 93.7 cm³/mol. The summed E-state index contributed by atoms with van der Waals surface area (Å²) < 4.78 is 6.07. The van der Waals surface area contributed by atoms with Gasteiger partial charge in [-0.3, -0.25) is 4.79 Å². The smallest absolute Gasteiger partial charge is 0.227 e. The highest BCUT2D eigenvalue weighted by atomic mass is 16.5. The first-order valence-corrected chi connectivity index (χ1v) is 9.39. The fourth-order valence-electron chi connectivity index (χ4n) is 4.92. The van der Waals surface area contributed by atoms with E-state index in [0.717, 1.165) is 31.7 Å². The summed E-state index contributed by atoms with van der Waals surface area (Å²) in [5, 5.41) is 0. The lowest BCUT2D eigenvalue weighted by atomic mass is 9.83. The van der Waals surface area contributed by atoms with Gasteiger partial charge in [-0.05, 0) is 50.2 Å². The van der Waals surface area contributed by atoms with Gasteiger partial charge in [0.1, 0.15) is 11.9 Å². The highest BCUT2D eigenvalue weighted by Gasteiger charge is 2.50. The Hall–Kier alpha value is -1.55. The molecule has 2 aliphatic carbocycles. The van der Waals surface area contributed by atoms with E-state index in [9.17, 15) is 4.79 Å². The van der Waals surface area contributed by atoms with E-state index < -0.39 is 0 Å². The molecule has 1 heterocycles. The molecule has 4 unspecified atom stereocenters. The molecule has 130 valence electrons. The van der Waals surface area contributed by atoms with Crippen LogP contribution in [0.15, 0.2) is 24.3 Å². The van der Waals surface area contributed by atoms with Gasteiger partial charge in [0, 0.05) is 32.0 Å². The molecule has 0 radical (unpaired) electrons. The number of hydrogen-bond donors (Lipinski definition) is 1. The van der Waals surface area contributed by atoms with E-state index in [2.05, 4.69) is 19.1 Å². The molecule has 2 saturated carbocycles. The lowest BCUT2D eigenvalue weighted by Gasteiger charge is -2.37. The number of nitrogens with two attached hydrogens (primary N) is 1. The molecule has 3 fully saturated rings. The van der Waals surface area contributed by atoms with Crippen molar-refractivity contribution in [3.63, 3.8) is 0 Å². The summed E-state index contributed by atoms with van der Waals surface area (Å²) in [6.45, 7) is 3.68. The largest absolute Gasteiger partial charge is 0.490 e. The van der Waals surface area contributed by atoms with Crippen molar-refractivity contribution in [1.29, 1.82) is 0 Å². The van der Waals surface area contributed by atoms with Crippen molar-refractivity contribution in [2.45, 2.75) is 51.2 Å². The Morgan fingerprint density at radius 3 is 2.38 bits per heavy atom. The van der Waals surface area contributed by atoms with Crippen molar-refractivity contribution in [3.8, 4) is 5.75 Å². The molecular weight excluding hydrogens is 300 g/mol. The second-order valence-electron chi connectivity index (χ2n) is 7.89. The minimum Gasteiger partial charge on any atom is -0.490 e. The Balaban J connectivity index is 1.31. The minimum absolute atomic E-state index is 0.0818. The molecule has 0 aromatic heterocycles. The summed E-state index contributed by atoms with van der Waals surface area (Å²) in [5.74, 6) is 2.45. The Bertz CT molecular complexity index is 590. The second kappa shape index (κ2) is 6.40. The topological polar surface area (TPSA) is 55.6 Å². The summed E-state index contributed by atoms with van der Waals surface area (Å²) >= 11 is 0. The van der Waals surface area contributed by atoms with Gasteiger partial charge in [-0.2, -0.15) is 0 Å². The lowest BCUT2D eigenvalue weighted by molar-refractivity contribution is -0.139. The number of rotatable bonds is 3. The van der Waals surface area contributed by atoms with E-state index in [1.807, 2.05) is 17.0 Å². The summed E-state index contributed by atoms with van der Waals surface area (Å²) in [5.41, 5.74) is 7.58. The van der Waals surface area contributed by atoms with Crippen LogP contribution in [0, 0.1) is 24.7 Å². The van der Waals surface area contributed by atoms with Crippen molar-refractivity contribution in [1.82, 2.24) is 4.90 Å². The average Bonchev–Trinajstić information content (AvgIpc) is 3.18. The number of ether oxygens (including phenoxy) is 1. The highest BCUT2D eigenvalue weighted by molar-refractivity contribution is 5.80. The number of nitrogens with zero attached hydrogens (tertiary/aromatic N) is 1. The van der Waals surface area contributed by atoms with Crippen LogP contribution in [-0.4, -0.2) is 36.0 Å². The predicted octanol–water partition coefficient (Wildman–Crippen LogP) is 2.74. The van der Waals surface area contributed by atoms with E-state index in [0.29, 0.717) is 17.7 Å². The Labute approximate surface area is 144 Å². The van der Waals surface area contributed by atoms with Gasteiger partial charge in [-0.25, -0.2) is 0 Å². The van der Waals surface area contributed by atoms with E-state index in [1.54, 1.807) is 0 Å². The number of piperidine rings is 1. The van der Waals surface area contributed by atoms with E-state index in [-0.39, 0.29) is 18.1 Å². The van der Waals surface area contributed by atoms with E-state index in [4.69, 9.17) is 10.5 Å². The van der Waals surface area contributed by atoms with Crippen molar-refractivity contribution in [2.75, 3.05) is 13.1 Å². The zero-order valence-corrected chi connectivity index (χ0v) is 14.5. The standard InChI is InChI=1S/C20H28N2O2/c1-13-2-6-16(7-3-13)24-17-8-10-22(11-9-17)20(23)18-14-4-5-15(12-14)19(18)21/h2-3,6-7,14-15,17-19H,4-5,8-12,21H2,1H3. The number of aryl methyl sites for hydroxylation is 1. The SMILES string of the molecule is Cc1ccc(OC2CCN(C(=O)C3C4CCC(C4)C3N)CC2)cc1. The summed E-state index contributed by atoms with van der Waals surface area (Å²) in [7, 11) is 0. The first-order chi connectivity index (χ1) is 11.6. The molecule has 1 aromatic rings. The van der Waals surface area contributed by atoms with Crippen molar-refractivity contribution >= 4 is 5.91 Å². The van der Waals surface area contributed by atoms with Crippen molar-refractivity contribution in [2.24, 2.45) is 23.5 Å². The Morgan fingerprint density at radius 1 is 1.08 bits per heavy atom. The summed E-state index contributed by atoms with van der Waals surface area (Å²) in [4.78, 5) is 15.0. The maximum absolute atomic E-state index is 12.9. The van der Waals surface area contributed by atoms with Gasteiger partial charge in [0.05, 0.1) is 5.92 Å². The molecule has 2 bridgehead atoms. The van der Waals surface area contributed by atoms with Crippen LogP contribution >= 0.6 is 0 Å². The fourth-order valence-corrected chi connectivity index (χ4v) is 4.92. The van der Waals surface area contributed by atoms with Gasteiger partial charge < -0.3 is 15.4 Å². The van der Waals surface area contributed by atoms with Crippen LogP contribution in [0.4, 0.5) is 0 Å². The molecule has 1 aromatic carbocycles. The fraction of sp³-hybridized carbons (Fsp3) is 0.650. The molecule has 1 aliphatic heterocycles. The molecular formula is C20H28N2O2. The lowest BCUT2D eigenvalue weighted by Crippen LogP contribution is -2.50. The van der Waals surface area contributed by atoms with Crippen LogP contribution in [0.25, 0.3) is 0 Å². The van der Waals surface area contributed by atoms with Crippen LogP contribution in [-0.2, 0) is 4.79 Å². The maximum Gasteiger partial charge on any atom is 0.227 e. The van der Waals surface area contributed by atoms with Crippen LogP contribution in [0.3, 0.4) is 0 Å². The van der Waals surface area contributed by atoms with Gasteiger partial charge in [0.25, 0.3) is 0 Å². The number of amides is 1. The Morgan fingerprint density at radius 2 is 1.75 bits per heavy atom. The van der Waals surface area contributed by atoms with Crippen LogP contribution in [0.1, 0.15) is 37.7 Å². The van der Waals surface area contributed by atoms with Gasteiger partial charge in [0.15, 0.2) is 0 Å². The molecule has 1 saturated heterocycles. The monoisotopic (exact) mass is 328 g/mol. The Kier molecular flexibility index (Phi) is 4.25. The number of likely N-dealkylation sites (tertiary alicyclic amines) is 1. The molecule has 3 aliphatic rings. The third-order valence-electron chi connectivity index (χ3n) is 6.34. The maximum atomic E-state index is 12.9. The molecule has 4 rings (SSSR count). The third kappa shape index (κ3) is 2.92. The van der Waals surface area contributed by atoms with Gasteiger partial charge >= 0.3 is 0 Å². The van der Waals surface area contributed by atoms with E-state index in [1.165, 1.54) is 24.8 Å². The van der Waals surface area contributed by atoms with Gasteiger partial charge in [-0.15, -0.1) is 0 Å². The van der Waals surface area contributed by atoms with E-state index >= 15 is 0 Å². The summed E-state index contributed by atoms with van der Waals surface area (Å²) in [6.07, 6.45) is 5.63. The number of carbonyl (C=O) groups is 1. The minimum atomic E-state index is 0.0818. The third-order valence-corrected chi connectivity index (χ3v) is 6.34. The normalized spacial score (nSPS) is 33.0. The zero-order valence-electron chi connectivity index (χ0n) is 14.5. The number of carbonyl (C=O) groups excluding carboxylic acids is 1. The molecule has 0 spiro atoms. The quantitative estimate of drug-likeness (QED) is 0.928. The van der Waals surface area contributed by atoms with Crippen molar-refractivity contribution in [3.05, 3.63) is 29.8 Å². The molecule has 4 heteroatoms. The van der Waals surface area contributed by atoms with Crippen LogP contribution < -0.4 is 10.5 Å². The van der Waals surface area contributed by atoms with Crippen LogP contribution in [0.2, 0.25) is 0 Å². The number of fused-ring (bicyclic) bond motifs is 2. The highest BCUT2D eigenvalue weighted by Crippen LogP contribution is 2.48. The number of benzene rings is 1. The van der Waals surface area contributed by atoms with Crippen LogP contribution in [0.5, 0.6) is 5.75 Å². The zero-order chi connectivity index (χ0) is 16.7. The molecule has 4 nitrogen and oxygen atoms in total. The van der Waals surface area contributed by atoms with Gasteiger partial charge in [0.2, 0.25) is 5.91 Å². The first kappa shape index (κ1) is 15.9. The molecule has 2 N–H and O–H groups in total. The summed E-state index contributed by atoms with van der Waals surface area (Å²) in [6, 6.07) is 8.30. The second-order valence-corrected chi connectivity index (χ2v) is 7.89.